The number of fused-ring (bicyclic) bond motifs is 2. The highest BCUT2D eigenvalue weighted by molar-refractivity contribution is 5.95. The number of benzene rings is 1. The molecule has 0 radical (unpaired) electrons. The molecule has 3 fully saturated rings. The predicted molar refractivity (Wildman–Crippen MR) is 93.2 cm³/mol. The summed E-state index contributed by atoms with van der Waals surface area (Å²) < 4.78 is 0. The Hall–Kier alpha value is -2.94. The number of aryl methyl sites for hydroxylation is 2. The van der Waals surface area contributed by atoms with E-state index in [1.165, 1.54) is 0 Å². The quantitative estimate of drug-likeness (QED) is 0.841. The molecular formula is C19H19N5O. The molecule has 5 rings (SSSR count). The summed E-state index contributed by atoms with van der Waals surface area (Å²) in [6.45, 7) is 5.48. The summed E-state index contributed by atoms with van der Waals surface area (Å²) in [5, 5.41) is 8.88. The van der Waals surface area contributed by atoms with E-state index in [4.69, 9.17) is 5.26 Å². The number of nitrogens with zero attached hydrogens (tertiary/aromatic N) is 5. The van der Waals surface area contributed by atoms with Crippen molar-refractivity contribution in [3.63, 3.8) is 0 Å². The van der Waals surface area contributed by atoms with E-state index < -0.39 is 0 Å². The summed E-state index contributed by atoms with van der Waals surface area (Å²) >= 11 is 0. The Labute approximate surface area is 146 Å². The predicted octanol–water partition coefficient (Wildman–Crippen LogP) is 2.07. The number of hydrogen-bond acceptors (Lipinski definition) is 5. The normalized spacial score (nSPS) is 21.5. The first-order valence-corrected chi connectivity index (χ1v) is 8.45. The standard InChI is InChI=1S/C19H19N5O/c1-12-7-18(22-13(2)21-12)23-10-16-8-17(11-23)24(16)19(25)15-5-3-14(9-20)4-6-15/h3-7,16-17H,8,10-11H2,1-2H3. The van der Waals surface area contributed by atoms with Crippen molar-refractivity contribution in [2.24, 2.45) is 0 Å². The molecule has 2 aromatic rings. The van der Waals surface area contributed by atoms with Crippen molar-refractivity contribution in [1.29, 1.82) is 5.26 Å². The molecule has 0 spiro atoms. The third-order valence-electron chi connectivity index (χ3n) is 4.97. The van der Waals surface area contributed by atoms with Crippen LogP contribution in [0.2, 0.25) is 0 Å². The van der Waals surface area contributed by atoms with Crippen molar-refractivity contribution in [1.82, 2.24) is 14.9 Å². The van der Waals surface area contributed by atoms with E-state index in [1.807, 2.05) is 24.8 Å². The zero-order valence-corrected chi connectivity index (χ0v) is 14.3. The Kier molecular flexibility index (Phi) is 3.65. The molecule has 1 aromatic carbocycles. The van der Waals surface area contributed by atoms with Gasteiger partial charge in [-0.2, -0.15) is 5.26 Å². The van der Waals surface area contributed by atoms with Crippen molar-refractivity contribution >= 4 is 11.7 Å². The summed E-state index contributed by atoms with van der Waals surface area (Å²) in [5.74, 6) is 1.78. The summed E-state index contributed by atoms with van der Waals surface area (Å²) in [6.07, 6.45) is 1.04. The van der Waals surface area contributed by atoms with Gasteiger partial charge in [-0.1, -0.05) is 0 Å². The number of nitriles is 1. The maximum Gasteiger partial charge on any atom is 0.254 e. The number of piperazine rings is 1. The maximum absolute atomic E-state index is 12.8. The van der Waals surface area contributed by atoms with Crippen LogP contribution in [0, 0.1) is 25.2 Å². The zero-order valence-electron chi connectivity index (χ0n) is 14.3. The van der Waals surface area contributed by atoms with Crippen LogP contribution in [-0.4, -0.2) is 45.9 Å². The van der Waals surface area contributed by atoms with E-state index in [2.05, 4.69) is 20.9 Å². The van der Waals surface area contributed by atoms with Crippen LogP contribution >= 0.6 is 0 Å². The van der Waals surface area contributed by atoms with Gasteiger partial charge in [-0.15, -0.1) is 0 Å². The van der Waals surface area contributed by atoms with Crippen molar-refractivity contribution < 1.29 is 4.79 Å². The fraction of sp³-hybridized carbons (Fsp3) is 0.368. The lowest BCUT2D eigenvalue weighted by Gasteiger charge is -2.56. The van der Waals surface area contributed by atoms with Gasteiger partial charge in [0.2, 0.25) is 0 Å². The summed E-state index contributed by atoms with van der Waals surface area (Å²) in [7, 11) is 0. The van der Waals surface area contributed by atoms with E-state index in [1.54, 1.807) is 24.3 Å². The highest BCUT2D eigenvalue weighted by Gasteiger charge is 2.47. The van der Waals surface area contributed by atoms with E-state index in [0.717, 1.165) is 36.8 Å². The van der Waals surface area contributed by atoms with Gasteiger partial charge < -0.3 is 9.80 Å². The zero-order chi connectivity index (χ0) is 17.6. The number of rotatable bonds is 2. The van der Waals surface area contributed by atoms with Crippen LogP contribution in [0.1, 0.15) is 33.9 Å². The highest BCUT2D eigenvalue weighted by atomic mass is 16.2. The molecule has 2 atom stereocenters. The van der Waals surface area contributed by atoms with Crippen LogP contribution in [0.4, 0.5) is 5.82 Å². The summed E-state index contributed by atoms with van der Waals surface area (Å²) in [6, 6.07) is 11.4. The average molecular weight is 333 g/mol. The van der Waals surface area contributed by atoms with E-state index >= 15 is 0 Å². The molecule has 126 valence electrons. The Balaban J connectivity index is 1.49. The lowest BCUT2D eigenvalue weighted by Crippen LogP contribution is -2.70. The van der Waals surface area contributed by atoms with E-state index in [-0.39, 0.29) is 18.0 Å². The van der Waals surface area contributed by atoms with Crippen LogP contribution in [0.25, 0.3) is 0 Å². The molecule has 1 amide bonds. The summed E-state index contributed by atoms with van der Waals surface area (Å²) in [4.78, 5) is 25.9. The lowest BCUT2D eigenvalue weighted by atomic mass is 9.86. The fourth-order valence-electron chi connectivity index (χ4n) is 3.82. The molecule has 0 saturated carbocycles. The second-order valence-corrected chi connectivity index (χ2v) is 6.76. The lowest BCUT2D eigenvalue weighted by molar-refractivity contribution is 0.00575. The third kappa shape index (κ3) is 2.72. The first kappa shape index (κ1) is 15.6. The van der Waals surface area contributed by atoms with Crippen LogP contribution in [0.5, 0.6) is 0 Å². The van der Waals surface area contributed by atoms with Crippen LogP contribution < -0.4 is 4.90 Å². The Morgan fingerprint density at radius 1 is 1.16 bits per heavy atom. The van der Waals surface area contributed by atoms with Crippen LogP contribution in [0.3, 0.4) is 0 Å². The minimum atomic E-state index is 0.0560. The Bertz CT molecular complexity index is 838. The first-order chi connectivity index (χ1) is 12.0. The van der Waals surface area contributed by atoms with Gasteiger partial charge in [0.25, 0.3) is 5.91 Å². The first-order valence-electron chi connectivity index (χ1n) is 8.45. The van der Waals surface area contributed by atoms with Gasteiger partial charge in [0.05, 0.1) is 23.7 Å². The molecule has 0 aliphatic carbocycles. The van der Waals surface area contributed by atoms with Crippen molar-refractivity contribution in [2.45, 2.75) is 32.4 Å². The SMILES string of the molecule is Cc1cc(N2CC3CC(C2)N3C(=O)c2ccc(C#N)cc2)nc(C)n1. The number of carbonyl (C=O) groups excluding carboxylic acids is 1. The molecule has 3 saturated heterocycles. The van der Waals surface area contributed by atoms with Crippen LogP contribution in [0.15, 0.2) is 30.3 Å². The molecule has 2 bridgehead atoms. The second-order valence-electron chi connectivity index (χ2n) is 6.76. The molecule has 6 heteroatoms. The van der Waals surface area contributed by atoms with Gasteiger partial charge in [0.1, 0.15) is 11.6 Å². The molecule has 6 nitrogen and oxygen atoms in total. The minimum absolute atomic E-state index is 0.0560. The van der Waals surface area contributed by atoms with E-state index in [0.29, 0.717) is 11.1 Å². The molecule has 0 N–H and O–H groups in total. The minimum Gasteiger partial charge on any atom is -0.352 e. The Morgan fingerprint density at radius 2 is 1.84 bits per heavy atom. The molecule has 2 unspecified atom stereocenters. The van der Waals surface area contributed by atoms with Gasteiger partial charge in [-0.3, -0.25) is 4.79 Å². The summed E-state index contributed by atoms with van der Waals surface area (Å²) in [5.41, 5.74) is 2.18. The van der Waals surface area contributed by atoms with Gasteiger partial charge >= 0.3 is 0 Å². The molecule has 3 aliphatic rings. The number of hydrogen-bond donors (Lipinski definition) is 0. The number of anilines is 1. The molecule has 1 aromatic heterocycles. The monoisotopic (exact) mass is 333 g/mol. The number of piperidine rings is 1. The van der Waals surface area contributed by atoms with Gasteiger partial charge in [-0.25, -0.2) is 9.97 Å². The average Bonchev–Trinajstić information content (AvgIpc) is 2.61. The van der Waals surface area contributed by atoms with E-state index in [9.17, 15) is 4.79 Å². The molecule has 25 heavy (non-hydrogen) atoms. The fourth-order valence-corrected chi connectivity index (χ4v) is 3.82. The highest BCUT2D eigenvalue weighted by Crippen LogP contribution is 2.35. The maximum atomic E-state index is 12.8. The van der Waals surface area contributed by atoms with Gasteiger partial charge in [0, 0.05) is 30.4 Å². The molecule has 4 heterocycles. The Morgan fingerprint density at radius 3 is 2.44 bits per heavy atom. The smallest absolute Gasteiger partial charge is 0.254 e. The number of amides is 1. The molecular weight excluding hydrogens is 314 g/mol. The number of aromatic nitrogens is 2. The van der Waals surface area contributed by atoms with Crippen molar-refractivity contribution in [3.8, 4) is 6.07 Å². The van der Waals surface area contributed by atoms with Crippen molar-refractivity contribution in [2.75, 3.05) is 18.0 Å². The second kappa shape index (κ2) is 5.85. The third-order valence-corrected chi connectivity index (χ3v) is 4.97. The van der Waals surface area contributed by atoms with Gasteiger partial charge in [0.15, 0.2) is 0 Å². The van der Waals surface area contributed by atoms with Crippen LogP contribution in [-0.2, 0) is 0 Å². The largest absolute Gasteiger partial charge is 0.352 e. The molecule has 3 aliphatic heterocycles. The van der Waals surface area contributed by atoms with Gasteiger partial charge in [-0.05, 0) is 44.5 Å². The van der Waals surface area contributed by atoms with Crippen molar-refractivity contribution in [3.05, 3.63) is 53.0 Å². The topological polar surface area (TPSA) is 73.1 Å². The number of carbonyl (C=O) groups is 1.